The van der Waals surface area contributed by atoms with Gasteiger partial charge in [0, 0.05) is 13.0 Å². The van der Waals surface area contributed by atoms with Gasteiger partial charge in [-0.1, -0.05) is 42.5 Å². The lowest BCUT2D eigenvalue weighted by atomic mass is 10.1. The van der Waals surface area contributed by atoms with Gasteiger partial charge in [0.05, 0.1) is 6.61 Å². The van der Waals surface area contributed by atoms with E-state index in [9.17, 15) is 9.36 Å². The van der Waals surface area contributed by atoms with Crippen molar-refractivity contribution in [3.05, 3.63) is 65.7 Å². The summed E-state index contributed by atoms with van der Waals surface area (Å²) < 4.78 is 24.0. The number of nitrogens with one attached hydrogen (secondary N) is 1. The number of rotatable bonds is 8. The summed E-state index contributed by atoms with van der Waals surface area (Å²) in [6.07, 6.45) is 0. The molecule has 0 aromatic heterocycles. The molecule has 1 N–H and O–H groups in total. The van der Waals surface area contributed by atoms with Crippen molar-refractivity contribution in [1.29, 1.82) is 0 Å². The maximum atomic E-state index is 13.4. The van der Waals surface area contributed by atoms with Crippen LogP contribution in [0.1, 0.15) is 43.1 Å². The fourth-order valence-corrected chi connectivity index (χ4v) is 4.96. The fourth-order valence-electron chi connectivity index (χ4n) is 2.50. The van der Waals surface area contributed by atoms with Crippen LogP contribution in [0, 0.1) is 0 Å². The van der Waals surface area contributed by atoms with Crippen LogP contribution in [0.3, 0.4) is 0 Å². The second-order valence-electron chi connectivity index (χ2n) is 5.77. The number of esters is 1. The van der Waals surface area contributed by atoms with Gasteiger partial charge in [-0.3, -0.25) is 9.36 Å². The highest BCUT2D eigenvalue weighted by Gasteiger charge is 2.35. The Bertz CT molecular complexity index is 767. The van der Waals surface area contributed by atoms with E-state index < -0.39 is 18.6 Å². The highest BCUT2D eigenvalue weighted by atomic mass is 35.5. The summed E-state index contributed by atoms with van der Waals surface area (Å²) >= 11 is 6.52. The number of alkyl halides is 1. The van der Waals surface area contributed by atoms with Crippen LogP contribution in [0.2, 0.25) is 0 Å². The first kappa shape index (κ1) is 20.7. The second-order valence-corrected chi connectivity index (χ2v) is 8.74. The molecule has 2 unspecified atom stereocenters. The topological polar surface area (TPSA) is 64.6 Å². The molecule has 0 heterocycles. The van der Waals surface area contributed by atoms with E-state index in [0.29, 0.717) is 11.3 Å². The predicted octanol–water partition coefficient (Wildman–Crippen LogP) is 5.43. The third-order valence-corrected chi connectivity index (χ3v) is 7.02. The molecule has 0 amide bonds. The average Bonchev–Trinajstić information content (AvgIpc) is 2.62. The number of benzene rings is 2. The monoisotopic (exact) mass is 395 g/mol. The molecule has 140 valence electrons. The van der Waals surface area contributed by atoms with Crippen molar-refractivity contribution in [3.8, 4) is 5.75 Å². The number of halogens is 1. The number of hydrogen-bond donors (Lipinski definition) is 1. The molecule has 5 nitrogen and oxygen atoms in total. The van der Waals surface area contributed by atoms with Gasteiger partial charge in [-0.25, -0.2) is 5.09 Å². The lowest BCUT2D eigenvalue weighted by Crippen LogP contribution is -2.19. The van der Waals surface area contributed by atoms with E-state index in [0.717, 1.165) is 5.56 Å². The summed E-state index contributed by atoms with van der Waals surface area (Å²) in [4.78, 5) is 11.0. The smallest absolute Gasteiger partial charge is 0.308 e. The Morgan fingerprint density at radius 3 is 2.27 bits per heavy atom. The van der Waals surface area contributed by atoms with Crippen molar-refractivity contribution in [1.82, 2.24) is 5.09 Å². The van der Waals surface area contributed by atoms with Crippen LogP contribution in [0.25, 0.3) is 0 Å². The number of carbonyl (C=O) groups excluding carboxylic acids is 1. The Kier molecular flexibility index (Phi) is 7.42. The average molecular weight is 396 g/mol. The maximum absolute atomic E-state index is 13.4. The Hall–Kier alpha value is -1.65. The summed E-state index contributed by atoms with van der Waals surface area (Å²) in [6, 6.07) is 16.0. The van der Waals surface area contributed by atoms with Crippen LogP contribution in [0.4, 0.5) is 0 Å². The van der Waals surface area contributed by atoms with E-state index in [4.69, 9.17) is 20.9 Å². The van der Waals surface area contributed by atoms with Gasteiger partial charge in [0.1, 0.15) is 10.9 Å². The highest BCUT2D eigenvalue weighted by Crippen LogP contribution is 2.60. The third kappa shape index (κ3) is 5.42. The molecule has 2 aromatic rings. The van der Waals surface area contributed by atoms with E-state index in [1.807, 2.05) is 37.3 Å². The maximum Gasteiger partial charge on any atom is 0.308 e. The van der Waals surface area contributed by atoms with Crippen molar-refractivity contribution in [3.63, 3.8) is 0 Å². The molecule has 0 radical (unpaired) electrons. The first-order valence-electron chi connectivity index (χ1n) is 8.35. The summed E-state index contributed by atoms with van der Waals surface area (Å²) in [5.41, 5.74) is 1.61. The van der Waals surface area contributed by atoms with Crippen LogP contribution < -0.4 is 9.82 Å². The summed E-state index contributed by atoms with van der Waals surface area (Å²) in [6.45, 7) is 5.28. The summed E-state index contributed by atoms with van der Waals surface area (Å²) in [5.74, 6) is 0.000450. The zero-order valence-corrected chi connectivity index (χ0v) is 16.7. The number of hydrogen-bond acceptors (Lipinski definition) is 4. The molecule has 0 saturated heterocycles. The highest BCUT2D eigenvalue weighted by molar-refractivity contribution is 7.59. The van der Waals surface area contributed by atoms with Crippen molar-refractivity contribution in [2.45, 2.75) is 31.9 Å². The molecule has 0 spiro atoms. The van der Waals surface area contributed by atoms with Crippen LogP contribution in [0.15, 0.2) is 54.6 Å². The van der Waals surface area contributed by atoms with E-state index in [1.165, 1.54) is 6.92 Å². The Balaban J connectivity index is 2.21. The van der Waals surface area contributed by atoms with Gasteiger partial charge in [0.15, 0.2) is 0 Å². The molecule has 2 aromatic carbocycles. The molecule has 26 heavy (non-hydrogen) atoms. The van der Waals surface area contributed by atoms with Gasteiger partial charge in [0.25, 0.3) is 7.52 Å². The molecular formula is C19H23ClNO4P. The summed E-state index contributed by atoms with van der Waals surface area (Å²) in [7, 11) is -3.39. The van der Waals surface area contributed by atoms with E-state index in [2.05, 4.69) is 5.09 Å². The quantitative estimate of drug-likeness (QED) is 0.279. The van der Waals surface area contributed by atoms with E-state index in [1.54, 1.807) is 31.2 Å². The Labute approximate surface area is 159 Å². The molecule has 7 heteroatoms. The largest absolute Gasteiger partial charge is 0.427 e. The van der Waals surface area contributed by atoms with Gasteiger partial charge < -0.3 is 9.26 Å². The second kappa shape index (κ2) is 9.33. The molecule has 0 bridgehead atoms. The van der Waals surface area contributed by atoms with Crippen molar-refractivity contribution < 1.29 is 18.6 Å². The fraction of sp³-hybridized carbons (Fsp3) is 0.316. The molecule has 2 rings (SSSR count). The zero-order valence-electron chi connectivity index (χ0n) is 15.0. The normalized spacial score (nSPS) is 15.7. The van der Waals surface area contributed by atoms with Gasteiger partial charge in [-0.15, -0.1) is 11.6 Å². The van der Waals surface area contributed by atoms with Crippen molar-refractivity contribution in [2.75, 3.05) is 6.61 Å². The Morgan fingerprint density at radius 2 is 1.73 bits per heavy atom. The first-order chi connectivity index (χ1) is 12.4. The zero-order chi connectivity index (χ0) is 19.2. The molecule has 0 aliphatic heterocycles. The minimum absolute atomic E-state index is 0.199. The first-order valence-corrected chi connectivity index (χ1v) is 10.5. The van der Waals surface area contributed by atoms with Crippen LogP contribution >= 0.6 is 19.1 Å². The molecule has 0 aliphatic rings. The van der Waals surface area contributed by atoms with Gasteiger partial charge in [-0.2, -0.15) is 0 Å². The van der Waals surface area contributed by atoms with Crippen LogP contribution in [0.5, 0.6) is 5.75 Å². The van der Waals surface area contributed by atoms with Crippen LogP contribution in [-0.4, -0.2) is 12.6 Å². The molecule has 0 saturated carbocycles. The molecular weight excluding hydrogens is 373 g/mol. The van der Waals surface area contributed by atoms with E-state index >= 15 is 0 Å². The lowest BCUT2D eigenvalue weighted by Gasteiger charge is -2.27. The number of ether oxygens (including phenoxy) is 1. The molecule has 0 aliphatic carbocycles. The number of carbonyl (C=O) groups is 1. The summed E-state index contributed by atoms with van der Waals surface area (Å²) in [5, 5.41) is 2.20. The van der Waals surface area contributed by atoms with Crippen molar-refractivity contribution in [2.24, 2.45) is 0 Å². The standard InChI is InChI=1S/C19H23ClNO4P/c1-4-24-26(23,21-14(2)16-8-6-5-7-9-16)19(20)17-10-12-18(13-11-17)25-15(3)22/h5-14,19H,4H2,1-3H3,(H,21,23)/t14-,19?,26?/m0/s1. The Morgan fingerprint density at radius 1 is 1.12 bits per heavy atom. The predicted molar refractivity (Wildman–Crippen MR) is 104 cm³/mol. The minimum atomic E-state index is -3.39. The SMILES string of the molecule is CCOP(=O)(N[C@@H](C)c1ccccc1)C(Cl)c1ccc(OC(C)=O)cc1. The minimum Gasteiger partial charge on any atom is -0.427 e. The van der Waals surface area contributed by atoms with E-state index in [-0.39, 0.29) is 12.6 Å². The van der Waals surface area contributed by atoms with Crippen LogP contribution in [-0.2, 0) is 13.9 Å². The molecule has 0 fully saturated rings. The lowest BCUT2D eigenvalue weighted by molar-refractivity contribution is -0.131. The third-order valence-electron chi connectivity index (χ3n) is 3.71. The molecule has 3 atom stereocenters. The van der Waals surface area contributed by atoms with Gasteiger partial charge in [0.2, 0.25) is 0 Å². The van der Waals surface area contributed by atoms with Gasteiger partial charge >= 0.3 is 5.97 Å². The van der Waals surface area contributed by atoms with Gasteiger partial charge in [-0.05, 0) is 37.1 Å². The van der Waals surface area contributed by atoms with Crippen molar-refractivity contribution >= 4 is 25.1 Å².